The van der Waals surface area contributed by atoms with E-state index >= 15 is 0 Å². The van der Waals surface area contributed by atoms with E-state index in [4.69, 9.17) is 9.84 Å². The summed E-state index contributed by atoms with van der Waals surface area (Å²) in [6, 6.07) is 3.85. The van der Waals surface area contributed by atoms with E-state index in [0.29, 0.717) is 5.75 Å². The molecule has 0 atom stereocenters. The lowest BCUT2D eigenvalue weighted by atomic mass is 10.00. The Morgan fingerprint density at radius 1 is 1.42 bits per heavy atom. The molecular weight excluding hydrogens is 253 g/mol. The second kappa shape index (κ2) is 5.69. The molecule has 0 aliphatic heterocycles. The fraction of sp³-hybridized carbons (Fsp3) is 0.385. The lowest BCUT2D eigenvalue weighted by molar-refractivity contribution is -0.138. The Labute approximate surface area is 110 Å². The minimum atomic E-state index is -1.04. The fourth-order valence-electron chi connectivity index (χ4n) is 1.60. The first kappa shape index (κ1) is 14.9. The number of rotatable bonds is 5. The van der Waals surface area contributed by atoms with Gasteiger partial charge in [-0.25, -0.2) is 4.39 Å². The molecule has 0 heterocycles. The fourth-order valence-corrected chi connectivity index (χ4v) is 1.60. The number of aliphatic carboxylic acids is 1. The number of benzene rings is 1. The third kappa shape index (κ3) is 4.24. The van der Waals surface area contributed by atoms with Crippen molar-refractivity contribution < 1.29 is 23.8 Å². The maximum absolute atomic E-state index is 13.7. The number of carboxylic acids is 1. The molecule has 0 aromatic heterocycles. The number of carbonyl (C=O) groups is 2. The molecule has 0 spiro atoms. The van der Waals surface area contributed by atoms with Crippen molar-refractivity contribution in [2.75, 3.05) is 7.11 Å². The van der Waals surface area contributed by atoms with E-state index in [2.05, 4.69) is 5.32 Å². The standard InChI is InChI=1S/C13H16FNO4/c1-13(2,7-11(16)17)15-12(18)9-5-4-8(19-3)6-10(9)14/h4-6H,7H2,1-3H3,(H,15,18)(H,16,17). The van der Waals surface area contributed by atoms with Gasteiger partial charge in [0.1, 0.15) is 11.6 Å². The minimum absolute atomic E-state index is 0.153. The van der Waals surface area contributed by atoms with Crippen molar-refractivity contribution in [3.8, 4) is 5.75 Å². The van der Waals surface area contributed by atoms with Crippen LogP contribution in [0.25, 0.3) is 0 Å². The highest BCUT2D eigenvalue weighted by atomic mass is 19.1. The Kier molecular flexibility index (Phi) is 4.47. The number of carbonyl (C=O) groups excluding carboxylic acids is 1. The summed E-state index contributed by atoms with van der Waals surface area (Å²) in [6.45, 7) is 3.11. The largest absolute Gasteiger partial charge is 0.497 e. The number of amides is 1. The van der Waals surface area contributed by atoms with E-state index in [1.54, 1.807) is 13.8 Å². The van der Waals surface area contributed by atoms with Gasteiger partial charge in [-0.3, -0.25) is 9.59 Å². The lowest BCUT2D eigenvalue weighted by Gasteiger charge is -2.24. The monoisotopic (exact) mass is 269 g/mol. The van der Waals surface area contributed by atoms with Crippen LogP contribution in [0.1, 0.15) is 30.6 Å². The van der Waals surface area contributed by atoms with Crippen molar-refractivity contribution >= 4 is 11.9 Å². The van der Waals surface area contributed by atoms with Crippen LogP contribution in [0.5, 0.6) is 5.75 Å². The van der Waals surface area contributed by atoms with Crippen molar-refractivity contribution in [2.24, 2.45) is 0 Å². The van der Waals surface area contributed by atoms with Gasteiger partial charge in [0, 0.05) is 11.6 Å². The summed E-state index contributed by atoms with van der Waals surface area (Å²) in [5.74, 6) is -2.12. The zero-order valence-corrected chi connectivity index (χ0v) is 11.0. The van der Waals surface area contributed by atoms with Crippen molar-refractivity contribution in [3.05, 3.63) is 29.6 Å². The number of hydrogen-bond donors (Lipinski definition) is 2. The van der Waals surface area contributed by atoms with Gasteiger partial charge in [0.05, 0.1) is 19.1 Å². The quantitative estimate of drug-likeness (QED) is 0.855. The van der Waals surface area contributed by atoms with E-state index in [1.807, 2.05) is 0 Å². The summed E-state index contributed by atoms with van der Waals surface area (Å²) in [5.41, 5.74) is -1.12. The first-order valence-electron chi connectivity index (χ1n) is 5.63. The maximum Gasteiger partial charge on any atom is 0.305 e. The van der Waals surface area contributed by atoms with E-state index in [1.165, 1.54) is 19.2 Å². The van der Waals surface area contributed by atoms with E-state index < -0.39 is 23.2 Å². The summed E-state index contributed by atoms with van der Waals surface area (Å²) in [4.78, 5) is 22.5. The molecule has 0 bridgehead atoms. The van der Waals surface area contributed by atoms with Gasteiger partial charge in [-0.15, -0.1) is 0 Å². The molecule has 1 aromatic carbocycles. The van der Waals surface area contributed by atoms with Crippen LogP contribution in [-0.4, -0.2) is 29.6 Å². The zero-order valence-electron chi connectivity index (χ0n) is 11.0. The average molecular weight is 269 g/mol. The van der Waals surface area contributed by atoms with Crippen molar-refractivity contribution in [1.82, 2.24) is 5.32 Å². The molecule has 0 saturated heterocycles. The van der Waals surface area contributed by atoms with Crippen LogP contribution in [0.3, 0.4) is 0 Å². The smallest absolute Gasteiger partial charge is 0.305 e. The minimum Gasteiger partial charge on any atom is -0.497 e. The molecule has 0 saturated carbocycles. The van der Waals surface area contributed by atoms with Crippen LogP contribution >= 0.6 is 0 Å². The van der Waals surface area contributed by atoms with Crippen LogP contribution in [0.2, 0.25) is 0 Å². The third-order valence-electron chi connectivity index (χ3n) is 2.47. The molecule has 6 heteroatoms. The predicted molar refractivity (Wildman–Crippen MR) is 66.8 cm³/mol. The molecular formula is C13H16FNO4. The van der Waals surface area contributed by atoms with Crippen molar-refractivity contribution in [2.45, 2.75) is 25.8 Å². The van der Waals surface area contributed by atoms with E-state index in [-0.39, 0.29) is 12.0 Å². The maximum atomic E-state index is 13.7. The lowest BCUT2D eigenvalue weighted by Crippen LogP contribution is -2.45. The van der Waals surface area contributed by atoms with Gasteiger partial charge >= 0.3 is 5.97 Å². The van der Waals surface area contributed by atoms with Crippen LogP contribution in [-0.2, 0) is 4.79 Å². The second-order valence-corrected chi connectivity index (χ2v) is 4.75. The first-order chi connectivity index (χ1) is 8.75. The highest BCUT2D eigenvalue weighted by Gasteiger charge is 2.25. The molecule has 0 unspecified atom stereocenters. The van der Waals surface area contributed by atoms with Gasteiger partial charge in [-0.2, -0.15) is 0 Å². The topological polar surface area (TPSA) is 75.6 Å². The molecule has 19 heavy (non-hydrogen) atoms. The number of halogens is 1. The van der Waals surface area contributed by atoms with Crippen molar-refractivity contribution in [1.29, 1.82) is 0 Å². The number of nitrogens with one attached hydrogen (secondary N) is 1. The summed E-state index contributed by atoms with van der Waals surface area (Å²) in [5, 5.41) is 11.2. The predicted octanol–water partition coefficient (Wildman–Crippen LogP) is 1.82. The van der Waals surface area contributed by atoms with Crippen LogP contribution < -0.4 is 10.1 Å². The summed E-state index contributed by atoms with van der Waals surface area (Å²) >= 11 is 0. The normalized spacial score (nSPS) is 10.9. The Bertz CT molecular complexity index is 499. The van der Waals surface area contributed by atoms with Gasteiger partial charge in [-0.1, -0.05) is 0 Å². The first-order valence-corrected chi connectivity index (χ1v) is 5.63. The summed E-state index contributed by atoms with van der Waals surface area (Å²) in [6.07, 6.45) is -0.253. The summed E-state index contributed by atoms with van der Waals surface area (Å²) in [7, 11) is 1.39. The molecule has 0 radical (unpaired) electrons. The third-order valence-corrected chi connectivity index (χ3v) is 2.47. The highest BCUT2D eigenvalue weighted by Crippen LogP contribution is 2.17. The average Bonchev–Trinajstić information content (AvgIpc) is 2.25. The van der Waals surface area contributed by atoms with Gasteiger partial charge < -0.3 is 15.2 Å². The Hall–Kier alpha value is -2.11. The van der Waals surface area contributed by atoms with Gasteiger partial charge in [0.25, 0.3) is 5.91 Å². The molecule has 0 aliphatic carbocycles. The van der Waals surface area contributed by atoms with E-state index in [0.717, 1.165) is 6.07 Å². The molecule has 1 rings (SSSR count). The van der Waals surface area contributed by atoms with Crippen molar-refractivity contribution in [3.63, 3.8) is 0 Å². The molecule has 1 aromatic rings. The van der Waals surface area contributed by atoms with Crippen LogP contribution in [0.4, 0.5) is 4.39 Å². The van der Waals surface area contributed by atoms with Crippen LogP contribution in [0, 0.1) is 5.82 Å². The van der Waals surface area contributed by atoms with Gasteiger partial charge in [0.15, 0.2) is 0 Å². The SMILES string of the molecule is COc1ccc(C(=O)NC(C)(C)CC(=O)O)c(F)c1. The number of carboxylic acid groups (broad SMARTS) is 1. The Morgan fingerprint density at radius 3 is 2.53 bits per heavy atom. The highest BCUT2D eigenvalue weighted by molar-refractivity contribution is 5.95. The number of hydrogen-bond acceptors (Lipinski definition) is 3. The summed E-state index contributed by atoms with van der Waals surface area (Å²) < 4.78 is 18.5. The number of methoxy groups -OCH3 is 1. The second-order valence-electron chi connectivity index (χ2n) is 4.75. The molecule has 1 amide bonds. The molecule has 5 nitrogen and oxygen atoms in total. The Morgan fingerprint density at radius 2 is 2.05 bits per heavy atom. The molecule has 0 fully saturated rings. The van der Waals surface area contributed by atoms with Gasteiger partial charge in [0.2, 0.25) is 0 Å². The zero-order chi connectivity index (χ0) is 14.6. The molecule has 2 N–H and O–H groups in total. The molecule has 0 aliphatic rings. The van der Waals surface area contributed by atoms with Gasteiger partial charge in [-0.05, 0) is 26.0 Å². The van der Waals surface area contributed by atoms with Crippen LogP contribution in [0.15, 0.2) is 18.2 Å². The molecule has 104 valence electrons. The van der Waals surface area contributed by atoms with E-state index in [9.17, 15) is 14.0 Å². The number of ether oxygens (including phenoxy) is 1. The Balaban J connectivity index is 2.86.